The molecule has 2 aromatic rings. The van der Waals surface area contributed by atoms with Gasteiger partial charge in [-0.1, -0.05) is 43.3 Å². The van der Waals surface area contributed by atoms with Crippen LogP contribution in [0.25, 0.3) is 5.76 Å². The fraction of sp³-hybridized carbons (Fsp3) is 0.407. The molecule has 1 fully saturated rings. The van der Waals surface area contributed by atoms with Crippen LogP contribution in [0.1, 0.15) is 57.4 Å². The molecule has 1 amide bonds. The van der Waals surface area contributed by atoms with Crippen molar-refractivity contribution in [3.05, 3.63) is 70.8 Å². The van der Waals surface area contributed by atoms with Gasteiger partial charge in [0.1, 0.15) is 11.5 Å². The maximum atomic E-state index is 13.1. The number of carbonyl (C=O) groups is 2. The molecule has 0 radical (unpaired) electrons. The van der Waals surface area contributed by atoms with Gasteiger partial charge >= 0.3 is 0 Å². The zero-order chi connectivity index (χ0) is 24.1. The van der Waals surface area contributed by atoms with Crippen molar-refractivity contribution in [3.63, 3.8) is 0 Å². The van der Waals surface area contributed by atoms with Crippen molar-refractivity contribution in [3.8, 4) is 5.75 Å². The Balaban J connectivity index is 2.07. The summed E-state index contributed by atoms with van der Waals surface area (Å²) in [6.07, 6.45) is 0.851. The molecule has 0 bridgehead atoms. The number of ether oxygens (including phenoxy) is 2. The monoisotopic (exact) mass is 451 g/mol. The van der Waals surface area contributed by atoms with Gasteiger partial charge in [0.05, 0.1) is 30.4 Å². The Morgan fingerprint density at radius 2 is 1.73 bits per heavy atom. The quantitative estimate of drug-likeness (QED) is 0.334. The molecule has 3 rings (SSSR count). The second-order valence-electron chi connectivity index (χ2n) is 8.70. The average molecular weight is 452 g/mol. The number of Topliss-reactive ketones (excluding diaryl/α,β-unsaturated/α-hetero) is 1. The van der Waals surface area contributed by atoms with Crippen LogP contribution in [0.4, 0.5) is 0 Å². The van der Waals surface area contributed by atoms with E-state index < -0.39 is 17.7 Å². The van der Waals surface area contributed by atoms with E-state index in [1.807, 2.05) is 52.0 Å². The topological polar surface area (TPSA) is 76.1 Å². The maximum Gasteiger partial charge on any atom is 0.295 e. The van der Waals surface area contributed by atoms with Crippen molar-refractivity contribution < 1.29 is 24.2 Å². The van der Waals surface area contributed by atoms with Crippen molar-refractivity contribution in [2.75, 3.05) is 13.2 Å². The molecule has 1 N–H and O–H groups in total. The van der Waals surface area contributed by atoms with E-state index in [0.29, 0.717) is 17.9 Å². The number of nitrogens with zero attached hydrogens (tertiary/aromatic N) is 1. The highest BCUT2D eigenvalue weighted by Crippen LogP contribution is 2.39. The van der Waals surface area contributed by atoms with Gasteiger partial charge in [-0.3, -0.25) is 9.59 Å². The van der Waals surface area contributed by atoms with Crippen LogP contribution in [0.3, 0.4) is 0 Å². The van der Waals surface area contributed by atoms with Crippen LogP contribution in [-0.4, -0.2) is 47.1 Å². The van der Waals surface area contributed by atoms with Gasteiger partial charge in [0, 0.05) is 12.1 Å². The standard InChI is InChI=1S/C27H33NO5/c1-6-19-10-12-20(13-11-19)24-23(26(30)27(31)28(24)14-15-32-17(2)3)25(29)21-8-7-9-22(16-21)33-18(4)5/h7-13,16-18,24,29H,6,14-15H2,1-5H3/b25-23-. The molecule has 0 aliphatic carbocycles. The minimum absolute atomic E-state index is 0.00723. The molecule has 1 atom stereocenters. The molecule has 33 heavy (non-hydrogen) atoms. The number of aryl methyl sites for hydroxylation is 1. The van der Waals surface area contributed by atoms with Crippen LogP contribution < -0.4 is 4.74 Å². The Morgan fingerprint density at radius 3 is 2.33 bits per heavy atom. The molecule has 6 nitrogen and oxygen atoms in total. The fourth-order valence-corrected chi connectivity index (χ4v) is 3.92. The van der Waals surface area contributed by atoms with Gasteiger partial charge in [-0.25, -0.2) is 0 Å². The summed E-state index contributed by atoms with van der Waals surface area (Å²) in [5.41, 5.74) is 2.43. The molecule has 0 saturated carbocycles. The highest BCUT2D eigenvalue weighted by Gasteiger charge is 2.45. The third-order valence-electron chi connectivity index (χ3n) is 5.51. The summed E-state index contributed by atoms with van der Waals surface area (Å²) < 4.78 is 11.4. The van der Waals surface area contributed by atoms with Crippen molar-refractivity contribution in [2.24, 2.45) is 0 Å². The Bertz CT molecular complexity index is 1020. The molecule has 1 saturated heterocycles. The predicted octanol–water partition coefficient (Wildman–Crippen LogP) is 4.88. The number of aliphatic hydroxyl groups excluding tert-OH is 1. The van der Waals surface area contributed by atoms with Crippen molar-refractivity contribution in [2.45, 2.75) is 59.3 Å². The number of rotatable bonds is 9. The van der Waals surface area contributed by atoms with E-state index in [4.69, 9.17) is 9.47 Å². The van der Waals surface area contributed by atoms with Crippen molar-refractivity contribution in [1.29, 1.82) is 0 Å². The van der Waals surface area contributed by atoms with E-state index in [1.54, 1.807) is 24.3 Å². The molecule has 1 unspecified atom stereocenters. The first kappa shape index (κ1) is 24.5. The van der Waals surface area contributed by atoms with E-state index in [2.05, 4.69) is 6.92 Å². The normalized spacial score (nSPS) is 17.9. The average Bonchev–Trinajstić information content (AvgIpc) is 3.03. The molecule has 0 aromatic heterocycles. The Hall–Kier alpha value is -3.12. The highest BCUT2D eigenvalue weighted by molar-refractivity contribution is 6.46. The fourth-order valence-electron chi connectivity index (χ4n) is 3.92. The van der Waals surface area contributed by atoms with E-state index in [-0.39, 0.29) is 30.1 Å². The second-order valence-corrected chi connectivity index (χ2v) is 8.70. The summed E-state index contributed by atoms with van der Waals surface area (Å²) in [4.78, 5) is 27.6. The van der Waals surface area contributed by atoms with Crippen LogP contribution in [0, 0.1) is 0 Å². The van der Waals surface area contributed by atoms with Gasteiger partial charge in [0.25, 0.3) is 11.7 Å². The SMILES string of the molecule is CCc1ccc(C2/C(=C(/O)c3cccc(OC(C)C)c3)C(=O)C(=O)N2CCOC(C)C)cc1. The van der Waals surface area contributed by atoms with Crippen LogP contribution in [0.15, 0.2) is 54.1 Å². The lowest BCUT2D eigenvalue weighted by Gasteiger charge is -2.26. The zero-order valence-electron chi connectivity index (χ0n) is 20.0. The summed E-state index contributed by atoms with van der Waals surface area (Å²) >= 11 is 0. The minimum atomic E-state index is -0.697. The number of benzene rings is 2. The molecule has 1 heterocycles. The number of hydrogen-bond donors (Lipinski definition) is 1. The highest BCUT2D eigenvalue weighted by atomic mass is 16.5. The van der Waals surface area contributed by atoms with Gasteiger partial charge in [0.2, 0.25) is 0 Å². The van der Waals surface area contributed by atoms with E-state index in [9.17, 15) is 14.7 Å². The Labute approximate surface area is 195 Å². The van der Waals surface area contributed by atoms with E-state index >= 15 is 0 Å². The first-order chi connectivity index (χ1) is 15.7. The molecular weight excluding hydrogens is 418 g/mol. The lowest BCUT2D eigenvalue weighted by atomic mass is 9.94. The van der Waals surface area contributed by atoms with Crippen LogP contribution in [-0.2, 0) is 20.7 Å². The smallest absolute Gasteiger partial charge is 0.295 e. The van der Waals surface area contributed by atoms with Gasteiger partial charge < -0.3 is 19.5 Å². The largest absolute Gasteiger partial charge is 0.507 e. The molecule has 1 aliphatic heterocycles. The number of likely N-dealkylation sites (tertiary alicyclic amines) is 1. The lowest BCUT2D eigenvalue weighted by Crippen LogP contribution is -2.33. The summed E-state index contributed by atoms with van der Waals surface area (Å²) in [5, 5.41) is 11.2. The van der Waals surface area contributed by atoms with E-state index in [0.717, 1.165) is 17.5 Å². The number of aliphatic hydroxyl groups is 1. The molecular formula is C27H33NO5. The van der Waals surface area contributed by atoms with Gasteiger partial charge in [-0.05, 0) is 57.4 Å². The third kappa shape index (κ3) is 5.63. The molecule has 0 spiro atoms. The zero-order valence-corrected chi connectivity index (χ0v) is 20.0. The minimum Gasteiger partial charge on any atom is -0.507 e. The first-order valence-corrected chi connectivity index (χ1v) is 11.5. The first-order valence-electron chi connectivity index (χ1n) is 11.5. The van der Waals surface area contributed by atoms with Gasteiger partial charge in [-0.2, -0.15) is 0 Å². The lowest BCUT2D eigenvalue weighted by molar-refractivity contribution is -0.140. The summed E-state index contributed by atoms with van der Waals surface area (Å²) in [6, 6.07) is 14.0. The molecule has 1 aliphatic rings. The van der Waals surface area contributed by atoms with Crippen molar-refractivity contribution >= 4 is 17.4 Å². The summed E-state index contributed by atoms with van der Waals surface area (Å²) in [6.45, 7) is 10.3. The predicted molar refractivity (Wildman–Crippen MR) is 128 cm³/mol. The van der Waals surface area contributed by atoms with E-state index in [1.165, 1.54) is 4.90 Å². The van der Waals surface area contributed by atoms with Crippen LogP contribution in [0.5, 0.6) is 5.75 Å². The Kier molecular flexibility index (Phi) is 7.92. The number of amides is 1. The van der Waals surface area contributed by atoms with Crippen LogP contribution in [0.2, 0.25) is 0 Å². The van der Waals surface area contributed by atoms with Crippen molar-refractivity contribution in [1.82, 2.24) is 4.90 Å². The molecule has 6 heteroatoms. The number of ketones is 1. The number of hydrogen-bond acceptors (Lipinski definition) is 5. The van der Waals surface area contributed by atoms with Gasteiger partial charge in [0.15, 0.2) is 0 Å². The molecule has 2 aromatic carbocycles. The summed E-state index contributed by atoms with van der Waals surface area (Å²) in [7, 11) is 0. The second kappa shape index (κ2) is 10.7. The molecule has 176 valence electrons. The Morgan fingerprint density at radius 1 is 1.03 bits per heavy atom. The maximum absolute atomic E-state index is 13.1. The van der Waals surface area contributed by atoms with Gasteiger partial charge in [-0.15, -0.1) is 0 Å². The summed E-state index contributed by atoms with van der Waals surface area (Å²) in [5.74, 6) is -0.961. The van der Waals surface area contributed by atoms with Crippen LogP contribution >= 0.6 is 0 Å². The third-order valence-corrected chi connectivity index (χ3v) is 5.51. The number of carbonyl (C=O) groups excluding carboxylic acids is 2.